The minimum atomic E-state index is 0.0747. The summed E-state index contributed by atoms with van der Waals surface area (Å²) in [5, 5.41) is 13.2. The van der Waals surface area contributed by atoms with Gasteiger partial charge in [0.05, 0.1) is 6.10 Å². The molecule has 2 N–H and O–H groups in total. The summed E-state index contributed by atoms with van der Waals surface area (Å²) in [6.45, 7) is 6.66. The van der Waals surface area contributed by atoms with Crippen LogP contribution >= 0.6 is 0 Å². The van der Waals surface area contributed by atoms with Gasteiger partial charge in [0.25, 0.3) is 0 Å². The molecule has 3 atom stereocenters. The Morgan fingerprint density at radius 3 is 2.75 bits per heavy atom. The second-order valence-electron chi connectivity index (χ2n) is 8.04. The average molecular weight is 281 g/mol. The quantitative estimate of drug-likeness (QED) is 0.736. The first-order valence-electron chi connectivity index (χ1n) is 8.55. The summed E-state index contributed by atoms with van der Waals surface area (Å²) in [7, 11) is 0. The highest BCUT2D eigenvalue weighted by molar-refractivity contribution is 5.16. The average Bonchev–Trinajstić information content (AvgIpc) is 3.06. The van der Waals surface area contributed by atoms with Gasteiger partial charge in [0.15, 0.2) is 0 Å². The van der Waals surface area contributed by atoms with E-state index in [-0.39, 0.29) is 5.41 Å². The Balaban J connectivity index is 1.49. The fraction of sp³-hybridized carbons (Fsp3) is 1.00. The predicted molar refractivity (Wildman–Crippen MR) is 80.6 cm³/mol. The minimum Gasteiger partial charge on any atom is -0.396 e. The van der Waals surface area contributed by atoms with Crippen molar-refractivity contribution >= 4 is 0 Å². The molecule has 1 heterocycles. The van der Waals surface area contributed by atoms with Gasteiger partial charge in [-0.1, -0.05) is 26.7 Å². The van der Waals surface area contributed by atoms with E-state index in [0.717, 1.165) is 25.5 Å². The first kappa shape index (κ1) is 14.8. The lowest BCUT2D eigenvalue weighted by molar-refractivity contribution is -0.130. The molecule has 0 radical (unpaired) electrons. The third kappa shape index (κ3) is 2.42. The van der Waals surface area contributed by atoms with E-state index >= 15 is 0 Å². The van der Waals surface area contributed by atoms with Crippen LogP contribution in [0.2, 0.25) is 0 Å². The first-order valence-corrected chi connectivity index (χ1v) is 8.55. The molecule has 3 unspecified atom stereocenters. The molecule has 2 aliphatic carbocycles. The van der Waals surface area contributed by atoms with E-state index in [1.165, 1.54) is 38.5 Å². The van der Waals surface area contributed by atoms with Crippen molar-refractivity contribution < 1.29 is 9.84 Å². The van der Waals surface area contributed by atoms with Crippen LogP contribution in [0.4, 0.5) is 0 Å². The fourth-order valence-electron chi connectivity index (χ4n) is 4.91. The Morgan fingerprint density at radius 2 is 2.05 bits per heavy atom. The summed E-state index contributed by atoms with van der Waals surface area (Å²) >= 11 is 0. The molecular formula is C17H31NO2. The molecule has 0 aromatic heterocycles. The van der Waals surface area contributed by atoms with Crippen molar-refractivity contribution in [1.82, 2.24) is 5.32 Å². The van der Waals surface area contributed by atoms with E-state index < -0.39 is 0 Å². The highest BCUT2D eigenvalue weighted by Crippen LogP contribution is 2.60. The number of ether oxygens (including phenoxy) is 1. The Hall–Kier alpha value is -0.120. The van der Waals surface area contributed by atoms with Gasteiger partial charge in [0, 0.05) is 30.6 Å². The van der Waals surface area contributed by atoms with Gasteiger partial charge in [0.1, 0.15) is 0 Å². The van der Waals surface area contributed by atoms with Crippen molar-refractivity contribution in [3.8, 4) is 0 Å². The van der Waals surface area contributed by atoms with Crippen molar-refractivity contribution in [2.45, 2.75) is 70.9 Å². The SMILES string of the molecule is CC(C)(CO)CCCNC1C2CCOC2C12CCCC2. The number of rotatable bonds is 6. The van der Waals surface area contributed by atoms with Crippen molar-refractivity contribution in [2.24, 2.45) is 16.7 Å². The lowest BCUT2D eigenvalue weighted by atomic mass is 9.54. The van der Waals surface area contributed by atoms with Crippen molar-refractivity contribution in [3.05, 3.63) is 0 Å². The maximum Gasteiger partial charge on any atom is 0.0690 e. The predicted octanol–water partition coefficient (Wildman–Crippen LogP) is 2.72. The number of hydrogen-bond acceptors (Lipinski definition) is 3. The van der Waals surface area contributed by atoms with E-state index in [9.17, 15) is 5.11 Å². The fourth-order valence-corrected chi connectivity index (χ4v) is 4.91. The molecule has 116 valence electrons. The van der Waals surface area contributed by atoms with Crippen LogP contribution in [-0.2, 0) is 4.74 Å². The Bertz CT molecular complexity index is 336. The number of fused-ring (bicyclic) bond motifs is 2. The van der Waals surface area contributed by atoms with Gasteiger partial charge in [-0.05, 0) is 44.1 Å². The minimum absolute atomic E-state index is 0.0747. The summed E-state index contributed by atoms with van der Waals surface area (Å²) in [6, 6.07) is 0.703. The Kier molecular flexibility index (Phi) is 4.13. The van der Waals surface area contributed by atoms with E-state index in [1.807, 2.05) is 0 Å². The zero-order chi connectivity index (χ0) is 14.2. The van der Waals surface area contributed by atoms with E-state index in [1.54, 1.807) is 0 Å². The summed E-state index contributed by atoms with van der Waals surface area (Å²) in [6.07, 6.45) is 9.61. The van der Waals surface area contributed by atoms with Gasteiger partial charge >= 0.3 is 0 Å². The number of aliphatic hydroxyl groups is 1. The first-order chi connectivity index (χ1) is 9.59. The third-order valence-corrected chi connectivity index (χ3v) is 6.11. The van der Waals surface area contributed by atoms with Crippen LogP contribution in [0, 0.1) is 16.7 Å². The largest absolute Gasteiger partial charge is 0.396 e. The summed E-state index contributed by atoms with van der Waals surface area (Å²) in [5.41, 5.74) is 0.555. The lowest BCUT2D eigenvalue weighted by Crippen LogP contribution is -2.67. The smallest absolute Gasteiger partial charge is 0.0690 e. The molecule has 0 bridgehead atoms. The molecule has 3 aliphatic rings. The Labute approximate surface area is 123 Å². The molecule has 3 fully saturated rings. The molecule has 20 heavy (non-hydrogen) atoms. The van der Waals surface area contributed by atoms with Gasteiger partial charge < -0.3 is 15.2 Å². The van der Waals surface area contributed by atoms with E-state index in [0.29, 0.717) is 24.2 Å². The van der Waals surface area contributed by atoms with E-state index in [2.05, 4.69) is 19.2 Å². The zero-order valence-electron chi connectivity index (χ0n) is 13.2. The van der Waals surface area contributed by atoms with Gasteiger partial charge in [-0.15, -0.1) is 0 Å². The molecule has 0 aromatic carbocycles. The summed E-state index contributed by atoms with van der Waals surface area (Å²) in [4.78, 5) is 0. The molecule has 3 heteroatoms. The van der Waals surface area contributed by atoms with Crippen molar-refractivity contribution in [2.75, 3.05) is 19.8 Å². The van der Waals surface area contributed by atoms with Crippen molar-refractivity contribution in [1.29, 1.82) is 0 Å². The van der Waals surface area contributed by atoms with Crippen LogP contribution in [0.1, 0.15) is 58.8 Å². The van der Waals surface area contributed by atoms with Crippen LogP contribution < -0.4 is 5.32 Å². The third-order valence-electron chi connectivity index (χ3n) is 6.11. The maximum atomic E-state index is 9.31. The van der Waals surface area contributed by atoms with E-state index in [4.69, 9.17) is 4.74 Å². The number of aliphatic hydroxyl groups excluding tert-OH is 1. The van der Waals surface area contributed by atoms with Gasteiger partial charge in [-0.2, -0.15) is 0 Å². The monoisotopic (exact) mass is 281 g/mol. The second-order valence-corrected chi connectivity index (χ2v) is 8.04. The molecular weight excluding hydrogens is 250 g/mol. The van der Waals surface area contributed by atoms with Crippen molar-refractivity contribution in [3.63, 3.8) is 0 Å². The van der Waals surface area contributed by atoms with Crippen LogP contribution in [0.5, 0.6) is 0 Å². The molecule has 0 aromatic rings. The number of hydrogen-bond donors (Lipinski definition) is 2. The number of nitrogens with one attached hydrogen (secondary N) is 1. The highest BCUT2D eigenvalue weighted by Gasteiger charge is 2.64. The lowest BCUT2D eigenvalue weighted by Gasteiger charge is -2.57. The Morgan fingerprint density at radius 1 is 1.30 bits per heavy atom. The second kappa shape index (κ2) is 5.58. The molecule has 3 rings (SSSR count). The summed E-state index contributed by atoms with van der Waals surface area (Å²) < 4.78 is 6.02. The van der Waals surface area contributed by atoms with Crippen LogP contribution in [0.3, 0.4) is 0 Å². The molecule has 2 saturated carbocycles. The molecule has 3 nitrogen and oxygen atoms in total. The molecule has 1 spiro atoms. The van der Waals surface area contributed by atoms with Crippen LogP contribution in [-0.4, -0.2) is 37.0 Å². The molecule has 0 amide bonds. The zero-order valence-corrected chi connectivity index (χ0v) is 13.2. The molecule has 1 saturated heterocycles. The van der Waals surface area contributed by atoms with Gasteiger partial charge in [0.2, 0.25) is 0 Å². The van der Waals surface area contributed by atoms with Gasteiger partial charge in [-0.25, -0.2) is 0 Å². The molecule has 1 aliphatic heterocycles. The topological polar surface area (TPSA) is 41.5 Å². The maximum absolute atomic E-state index is 9.31. The summed E-state index contributed by atoms with van der Waals surface area (Å²) in [5.74, 6) is 0.777. The van der Waals surface area contributed by atoms with Gasteiger partial charge in [-0.3, -0.25) is 0 Å². The van der Waals surface area contributed by atoms with Crippen LogP contribution in [0.25, 0.3) is 0 Å². The highest BCUT2D eigenvalue weighted by atomic mass is 16.5. The van der Waals surface area contributed by atoms with Crippen LogP contribution in [0.15, 0.2) is 0 Å². The normalized spacial score (nSPS) is 35.2. The standard InChI is InChI=1S/C17H31NO2/c1-16(2,12-19)7-5-10-18-14-13-6-11-20-15(13)17(14)8-3-4-9-17/h13-15,18-19H,3-12H2,1-2H3.